The van der Waals surface area contributed by atoms with Crippen molar-refractivity contribution in [3.8, 4) is 0 Å². The van der Waals surface area contributed by atoms with Crippen molar-refractivity contribution in [2.24, 2.45) is 0 Å². The Labute approximate surface area is 187 Å². The molecule has 8 heteroatoms. The molecule has 0 radical (unpaired) electrons. The fourth-order valence-electron chi connectivity index (χ4n) is 2.83. The van der Waals surface area contributed by atoms with Crippen molar-refractivity contribution in [1.29, 1.82) is 0 Å². The van der Waals surface area contributed by atoms with Crippen LogP contribution in [0, 0.1) is 0 Å². The quantitative estimate of drug-likeness (QED) is 0.497. The highest BCUT2D eigenvalue weighted by molar-refractivity contribution is 7.82. The Morgan fingerprint density at radius 3 is 1.37 bits per heavy atom. The van der Waals surface area contributed by atoms with E-state index >= 15 is 0 Å². The number of nitrogens with one attached hydrogen (secondary N) is 2. The number of carbonyl (C=O) groups is 2. The molecule has 2 aromatic rings. The first-order chi connectivity index (χ1) is 14.5. The topological polar surface area (TPSA) is 76.7 Å². The average Bonchev–Trinajstić information content (AvgIpc) is 2.77. The third kappa shape index (κ3) is 6.60. The molecular formula is C22H24N2O4S2. The lowest BCUT2D eigenvalue weighted by Crippen LogP contribution is -2.44. The molecular weight excluding hydrogens is 420 g/mol. The van der Waals surface area contributed by atoms with E-state index in [4.69, 9.17) is 33.9 Å². The lowest BCUT2D eigenvalue weighted by atomic mass is 9.93. The molecule has 0 amide bonds. The molecule has 0 heterocycles. The monoisotopic (exact) mass is 444 g/mol. The Kier molecular flexibility index (Phi) is 9.37. The summed E-state index contributed by atoms with van der Waals surface area (Å²) in [6, 6.07) is 17.9. The zero-order chi connectivity index (χ0) is 21.9. The Balaban J connectivity index is 2.43. The number of thiocarbonyl (C=S) groups is 2. The molecule has 2 atom stereocenters. The molecule has 6 nitrogen and oxygen atoms in total. The second kappa shape index (κ2) is 12.0. The molecule has 0 unspecified atom stereocenters. The van der Waals surface area contributed by atoms with Gasteiger partial charge in [-0.15, -0.1) is 0 Å². The highest BCUT2D eigenvalue weighted by atomic mass is 32.1. The van der Waals surface area contributed by atoms with Crippen LogP contribution in [0.1, 0.15) is 37.1 Å². The molecule has 0 fully saturated rings. The maximum Gasteiger partial charge on any atom is 0.365 e. The molecule has 0 saturated heterocycles. The van der Waals surface area contributed by atoms with Gasteiger partial charge in [-0.1, -0.05) is 85.1 Å². The van der Waals surface area contributed by atoms with Crippen molar-refractivity contribution in [3.63, 3.8) is 0 Å². The van der Waals surface area contributed by atoms with Crippen LogP contribution < -0.4 is 10.6 Å². The fraction of sp³-hybridized carbons (Fsp3) is 0.273. The number of ether oxygens (including phenoxy) is 2. The van der Waals surface area contributed by atoms with Gasteiger partial charge < -0.3 is 20.1 Å². The van der Waals surface area contributed by atoms with E-state index < -0.39 is 24.0 Å². The summed E-state index contributed by atoms with van der Waals surface area (Å²) in [4.78, 5) is 24.2. The lowest BCUT2D eigenvalue weighted by Gasteiger charge is -2.30. The van der Waals surface area contributed by atoms with Crippen molar-refractivity contribution in [2.45, 2.75) is 25.9 Å². The molecule has 0 aromatic heterocycles. The van der Waals surface area contributed by atoms with E-state index in [0.717, 1.165) is 11.1 Å². The Bertz CT molecular complexity index is 802. The second-order valence-corrected chi connectivity index (χ2v) is 6.98. The molecule has 2 N–H and O–H groups in total. The fourth-order valence-corrected chi connectivity index (χ4v) is 3.20. The van der Waals surface area contributed by atoms with Crippen LogP contribution in [0.5, 0.6) is 0 Å². The van der Waals surface area contributed by atoms with Gasteiger partial charge in [0.1, 0.15) is 0 Å². The minimum absolute atomic E-state index is 0.0597. The van der Waals surface area contributed by atoms with Crippen LogP contribution in [0.15, 0.2) is 60.7 Å². The maximum atomic E-state index is 12.1. The maximum absolute atomic E-state index is 12.1. The van der Waals surface area contributed by atoms with Gasteiger partial charge in [0.25, 0.3) is 0 Å². The van der Waals surface area contributed by atoms with E-state index in [9.17, 15) is 9.59 Å². The molecule has 0 aliphatic heterocycles. The van der Waals surface area contributed by atoms with Crippen LogP contribution in [0.25, 0.3) is 0 Å². The summed E-state index contributed by atoms with van der Waals surface area (Å²) in [7, 11) is 0. The minimum Gasteiger partial charge on any atom is -0.461 e. The Morgan fingerprint density at radius 2 is 1.07 bits per heavy atom. The molecule has 0 bridgehead atoms. The van der Waals surface area contributed by atoms with E-state index in [0.29, 0.717) is 0 Å². The van der Waals surface area contributed by atoms with Crippen molar-refractivity contribution in [3.05, 3.63) is 71.8 Å². The summed E-state index contributed by atoms with van der Waals surface area (Å²) < 4.78 is 10.0. The Morgan fingerprint density at radius 1 is 0.733 bits per heavy atom. The third-order valence-corrected chi connectivity index (χ3v) is 4.71. The Hall–Kier alpha value is -2.84. The molecule has 158 valence electrons. The zero-order valence-electron chi connectivity index (χ0n) is 16.8. The second-order valence-electron chi connectivity index (χ2n) is 6.16. The van der Waals surface area contributed by atoms with Gasteiger partial charge in [0, 0.05) is 0 Å². The van der Waals surface area contributed by atoms with Crippen molar-refractivity contribution < 1.29 is 19.1 Å². The molecule has 0 spiro atoms. The van der Waals surface area contributed by atoms with Gasteiger partial charge >= 0.3 is 11.9 Å². The molecule has 0 saturated carbocycles. The summed E-state index contributed by atoms with van der Waals surface area (Å²) >= 11 is 10.5. The summed E-state index contributed by atoms with van der Waals surface area (Å²) in [5.41, 5.74) is 1.69. The van der Waals surface area contributed by atoms with E-state index in [1.807, 2.05) is 60.7 Å². The first-order valence-corrected chi connectivity index (χ1v) is 10.3. The average molecular weight is 445 g/mol. The minimum atomic E-state index is -0.617. The number of esters is 2. The van der Waals surface area contributed by atoms with Gasteiger partial charge in [-0.25, -0.2) is 9.59 Å². The van der Waals surface area contributed by atoms with Gasteiger partial charge in [0.15, 0.2) is 9.98 Å². The normalized spacial score (nSPS) is 12.2. The van der Waals surface area contributed by atoms with Crippen molar-refractivity contribution in [2.75, 3.05) is 13.2 Å². The highest BCUT2D eigenvalue weighted by Gasteiger charge is 2.29. The molecule has 2 aromatic carbocycles. The number of hydrogen-bond donors (Lipinski definition) is 2. The van der Waals surface area contributed by atoms with Crippen LogP contribution in [0.4, 0.5) is 0 Å². The number of hydrogen-bond acceptors (Lipinski definition) is 6. The smallest absolute Gasteiger partial charge is 0.365 e. The van der Waals surface area contributed by atoms with Gasteiger partial charge in [0.2, 0.25) is 0 Å². The van der Waals surface area contributed by atoms with Crippen molar-refractivity contribution >= 4 is 46.4 Å². The highest BCUT2D eigenvalue weighted by Crippen LogP contribution is 2.29. The lowest BCUT2D eigenvalue weighted by molar-refractivity contribution is -0.136. The summed E-state index contributed by atoms with van der Waals surface area (Å²) in [6.07, 6.45) is 0. The number of benzene rings is 2. The SMILES string of the molecule is CCOC(=O)C(=S)N[C@@H](c1ccccc1)[C@@H](NC(=S)C(=O)OCC)c1ccccc1. The summed E-state index contributed by atoms with van der Waals surface area (Å²) in [5, 5.41) is 6.15. The van der Waals surface area contributed by atoms with Crippen LogP contribution in [0.3, 0.4) is 0 Å². The van der Waals surface area contributed by atoms with Gasteiger partial charge in [-0.3, -0.25) is 0 Å². The van der Waals surface area contributed by atoms with Crippen LogP contribution in [-0.2, 0) is 19.1 Å². The third-order valence-electron chi connectivity index (χ3n) is 4.15. The number of carbonyl (C=O) groups excluding carboxylic acids is 2. The first-order valence-electron chi connectivity index (χ1n) is 9.53. The van der Waals surface area contributed by atoms with E-state index in [2.05, 4.69) is 10.6 Å². The molecule has 0 aliphatic carbocycles. The first kappa shape index (κ1) is 23.4. The molecule has 2 rings (SSSR count). The summed E-state index contributed by atoms with van der Waals surface area (Å²) in [6.45, 7) is 3.84. The van der Waals surface area contributed by atoms with E-state index in [1.165, 1.54) is 0 Å². The van der Waals surface area contributed by atoms with Crippen LogP contribution >= 0.6 is 24.4 Å². The van der Waals surface area contributed by atoms with Crippen LogP contribution in [-0.4, -0.2) is 35.1 Å². The largest absolute Gasteiger partial charge is 0.461 e. The summed E-state index contributed by atoms with van der Waals surface area (Å²) in [5.74, 6) is -1.23. The van der Waals surface area contributed by atoms with Crippen molar-refractivity contribution in [1.82, 2.24) is 10.6 Å². The van der Waals surface area contributed by atoms with Crippen LogP contribution in [0.2, 0.25) is 0 Å². The van der Waals surface area contributed by atoms with Gasteiger partial charge in [-0.05, 0) is 25.0 Å². The predicted molar refractivity (Wildman–Crippen MR) is 123 cm³/mol. The molecule has 30 heavy (non-hydrogen) atoms. The van der Waals surface area contributed by atoms with Gasteiger partial charge in [-0.2, -0.15) is 0 Å². The zero-order valence-corrected chi connectivity index (χ0v) is 18.4. The van der Waals surface area contributed by atoms with E-state index in [-0.39, 0.29) is 23.2 Å². The standard InChI is InChI=1S/C22H24N2O4S2/c1-3-27-21(25)19(29)23-17(15-11-7-5-8-12-15)18(16-13-9-6-10-14-16)24-20(30)22(26)28-4-2/h5-14,17-18H,3-4H2,1-2H3,(H,23,29)(H,24,30)/t17-,18-/m0/s1. The number of rotatable bonds is 7. The predicted octanol–water partition coefficient (Wildman–Crippen LogP) is 3.43. The van der Waals surface area contributed by atoms with E-state index in [1.54, 1.807) is 13.8 Å². The van der Waals surface area contributed by atoms with Gasteiger partial charge in [0.05, 0.1) is 25.3 Å². The molecule has 0 aliphatic rings.